The highest BCUT2D eigenvalue weighted by atomic mass is 32.2. The average Bonchev–Trinajstić information content (AvgIpc) is 1.58. The second kappa shape index (κ2) is 4.24. The van der Waals surface area contributed by atoms with Gasteiger partial charge in [-0.2, -0.15) is 8.42 Å². The monoisotopic (exact) mass is 167 g/mol. The molecule has 0 aromatic heterocycles. The molecule has 1 unspecified atom stereocenters. The highest BCUT2D eigenvalue weighted by molar-refractivity contribution is 7.67. The molecule has 6 heteroatoms. The van der Waals surface area contributed by atoms with Gasteiger partial charge in [-0.25, -0.2) is 0 Å². The van der Waals surface area contributed by atoms with Crippen molar-refractivity contribution in [1.82, 2.24) is 0 Å². The standard InChI is InChI=1S/C4H9NO4S/c1-3(5)2-4(6)9-10(7)8/h3,10H,2,5H2,1H3. The molecule has 10 heavy (non-hydrogen) atoms. The maximum Gasteiger partial charge on any atom is 0.323 e. The van der Waals surface area contributed by atoms with Crippen molar-refractivity contribution < 1.29 is 17.4 Å². The van der Waals surface area contributed by atoms with E-state index in [0.29, 0.717) is 0 Å². The first-order valence-electron chi connectivity index (χ1n) is 2.63. The highest BCUT2D eigenvalue weighted by Gasteiger charge is 2.06. The lowest BCUT2D eigenvalue weighted by atomic mass is 10.3. The summed E-state index contributed by atoms with van der Waals surface area (Å²) in [4.78, 5) is 10.4. The Morgan fingerprint density at radius 3 is 2.50 bits per heavy atom. The number of hydrogen-bond acceptors (Lipinski definition) is 5. The molecular weight excluding hydrogens is 158 g/mol. The van der Waals surface area contributed by atoms with Crippen LogP contribution in [-0.2, 0) is 20.0 Å². The molecule has 5 nitrogen and oxygen atoms in total. The predicted octanol–water partition coefficient (Wildman–Crippen LogP) is -1.21. The Morgan fingerprint density at radius 2 is 2.20 bits per heavy atom. The third-order valence-corrected chi connectivity index (χ3v) is 1.02. The Morgan fingerprint density at radius 1 is 1.70 bits per heavy atom. The van der Waals surface area contributed by atoms with Gasteiger partial charge >= 0.3 is 17.0 Å². The molecule has 60 valence electrons. The van der Waals surface area contributed by atoms with Crippen LogP contribution in [0.4, 0.5) is 0 Å². The van der Waals surface area contributed by atoms with Crippen LogP contribution in [0.1, 0.15) is 13.3 Å². The molecule has 0 radical (unpaired) electrons. The van der Waals surface area contributed by atoms with Crippen molar-refractivity contribution in [1.29, 1.82) is 0 Å². The Kier molecular flexibility index (Phi) is 3.97. The smallest absolute Gasteiger partial charge is 0.323 e. The van der Waals surface area contributed by atoms with Crippen molar-refractivity contribution in [2.75, 3.05) is 0 Å². The summed E-state index contributed by atoms with van der Waals surface area (Å²) in [5.41, 5.74) is 5.17. The van der Waals surface area contributed by atoms with Crippen molar-refractivity contribution in [2.24, 2.45) is 5.73 Å². The molecule has 0 heterocycles. The number of hydrogen-bond donors (Lipinski definition) is 2. The molecule has 0 rings (SSSR count). The van der Waals surface area contributed by atoms with E-state index in [1.807, 2.05) is 0 Å². The van der Waals surface area contributed by atoms with Crippen LogP contribution >= 0.6 is 0 Å². The summed E-state index contributed by atoms with van der Waals surface area (Å²) in [6, 6.07) is -0.373. The van der Waals surface area contributed by atoms with Gasteiger partial charge in [0.05, 0.1) is 6.42 Å². The van der Waals surface area contributed by atoms with Gasteiger partial charge in [-0.05, 0) is 6.92 Å². The minimum Gasteiger partial charge on any atom is -0.348 e. The normalized spacial score (nSPS) is 13.1. The van der Waals surface area contributed by atoms with Crippen molar-refractivity contribution in [3.63, 3.8) is 0 Å². The second-order valence-electron chi connectivity index (χ2n) is 1.87. The molecule has 0 aromatic carbocycles. The topological polar surface area (TPSA) is 86.5 Å². The maximum atomic E-state index is 10.4. The molecule has 0 aliphatic carbocycles. The summed E-state index contributed by atoms with van der Waals surface area (Å²) in [7, 11) is -3.08. The number of carbonyl (C=O) groups excluding carboxylic acids is 1. The SMILES string of the molecule is CC(N)CC(=O)O[SH](=O)=O. The lowest BCUT2D eigenvalue weighted by molar-refractivity contribution is -0.133. The lowest BCUT2D eigenvalue weighted by Gasteiger charge is -1.99. The summed E-state index contributed by atoms with van der Waals surface area (Å²) < 4.78 is 23.3. The van der Waals surface area contributed by atoms with Crippen LogP contribution in [0.25, 0.3) is 0 Å². The van der Waals surface area contributed by atoms with Gasteiger partial charge in [-0.1, -0.05) is 0 Å². The summed E-state index contributed by atoms with van der Waals surface area (Å²) in [6.07, 6.45) is -0.0800. The third-order valence-electron chi connectivity index (χ3n) is 0.665. The number of carbonyl (C=O) groups is 1. The molecule has 1 atom stereocenters. The van der Waals surface area contributed by atoms with Crippen molar-refractivity contribution >= 4 is 17.0 Å². The molecule has 0 aliphatic rings. The fourth-order valence-corrected chi connectivity index (χ4v) is 0.624. The van der Waals surface area contributed by atoms with Crippen LogP contribution in [-0.4, -0.2) is 20.4 Å². The van der Waals surface area contributed by atoms with Crippen molar-refractivity contribution in [3.8, 4) is 0 Å². The van der Waals surface area contributed by atoms with E-state index in [1.54, 1.807) is 6.92 Å². The van der Waals surface area contributed by atoms with Gasteiger partial charge in [0.15, 0.2) is 0 Å². The first kappa shape index (κ1) is 9.38. The Hall–Kier alpha value is -0.620. The highest BCUT2D eigenvalue weighted by Crippen LogP contribution is 1.89. The Balaban J connectivity index is 3.65. The van der Waals surface area contributed by atoms with Crippen LogP contribution in [0.2, 0.25) is 0 Å². The molecular formula is C4H9NO4S. The van der Waals surface area contributed by atoms with Crippen LogP contribution < -0.4 is 5.73 Å². The van der Waals surface area contributed by atoms with Crippen molar-refractivity contribution in [3.05, 3.63) is 0 Å². The first-order valence-corrected chi connectivity index (χ1v) is 3.72. The zero-order valence-corrected chi connectivity index (χ0v) is 6.34. The largest absolute Gasteiger partial charge is 0.348 e. The zero-order chi connectivity index (χ0) is 8.15. The fourth-order valence-electron chi connectivity index (χ4n) is 0.383. The Labute approximate surface area is 60.3 Å². The summed E-state index contributed by atoms with van der Waals surface area (Å²) in [6.45, 7) is 1.58. The van der Waals surface area contributed by atoms with E-state index in [2.05, 4.69) is 4.18 Å². The maximum absolute atomic E-state index is 10.4. The van der Waals surface area contributed by atoms with Gasteiger partial charge in [-0.3, -0.25) is 4.79 Å². The van der Waals surface area contributed by atoms with E-state index in [9.17, 15) is 13.2 Å². The van der Waals surface area contributed by atoms with Crippen LogP contribution in [0, 0.1) is 0 Å². The minimum absolute atomic E-state index is 0.0800. The summed E-state index contributed by atoms with van der Waals surface area (Å²) in [5, 5.41) is 0. The van der Waals surface area contributed by atoms with Crippen LogP contribution in [0.5, 0.6) is 0 Å². The number of thiol groups is 1. The van der Waals surface area contributed by atoms with Crippen molar-refractivity contribution in [2.45, 2.75) is 19.4 Å². The summed E-state index contributed by atoms with van der Waals surface area (Å²) in [5.74, 6) is -0.814. The van der Waals surface area contributed by atoms with Gasteiger partial charge in [0.25, 0.3) is 0 Å². The number of nitrogens with two attached hydrogens (primary N) is 1. The van der Waals surface area contributed by atoms with Crippen LogP contribution in [0.3, 0.4) is 0 Å². The molecule has 0 saturated heterocycles. The molecule has 0 saturated carbocycles. The minimum atomic E-state index is -3.08. The Bertz CT molecular complexity index is 178. The van der Waals surface area contributed by atoms with E-state index >= 15 is 0 Å². The zero-order valence-electron chi connectivity index (χ0n) is 5.44. The van der Waals surface area contributed by atoms with E-state index < -0.39 is 17.0 Å². The molecule has 0 aromatic rings. The van der Waals surface area contributed by atoms with E-state index in [0.717, 1.165) is 0 Å². The molecule has 0 fully saturated rings. The lowest BCUT2D eigenvalue weighted by Crippen LogP contribution is -2.20. The van der Waals surface area contributed by atoms with E-state index in [1.165, 1.54) is 0 Å². The average molecular weight is 167 g/mol. The van der Waals surface area contributed by atoms with Gasteiger partial charge < -0.3 is 9.92 Å². The molecule has 0 amide bonds. The van der Waals surface area contributed by atoms with Gasteiger partial charge in [0, 0.05) is 6.04 Å². The quantitative estimate of drug-likeness (QED) is 0.515. The van der Waals surface area contributed by atoms with E-state index in [4.69, 9.17) is 5.73 Å². The molecule has 0 aliphatic heterocycles. The molecule has 0 spiro atoms. The predicted molar refractivity (Wildman–Crippen MR) is 34.7 cm³/mol. The third kappa shape index (κ3) is 5.52. The van der Waals surface area contributed by atoms with Gasteiger partial charge in [0.1, 0.15) is 0 Å². The fraction of sp³-hybridized carbons (Fsp3) is 0.750. The van der Waals surface area contributed by atoms with Gasteiger partial charge in [0.2, 0.25) is 0 Å². The molecule has 2 N–H and O–H groups in total. The number of rotatable bonds is 3. The molecule has 0 bridgehead atoms. The van der Waals surface area contributed by atoms with E-state index in [-0.39, 0.29) is 12.5 Å². The second-order valence-corrected chi connectivity index (χ2v) is 2.50. The summed E-state index contributed by atoms with van der Waals surface area (Å²) >= 11 is 0. The van der Waals surface area contributed by atoms with Gasteiger partial charge in [-0.15, -0.1) is 0 Å². The first-order chi connectivity index (χ1) is 4.52. The van der Waals surface area contributed by atoms with Crippen LogP contribution in [0.15, 0.2) is 0 Å².